The van der Waals surface area contributed by atoms with Crippen molar-refractivity contribution in [1.82, 2.24) is 0 Å². The molecule has 0 heterocycles. The highest BCUT2D eigenvalue weighted by molar-refractivity contribution is 7.92. The number of rotatable bonds is 4. The van der Waals surface area contributed by atoms with Gasteiger partial charge in [0.05, 0.1) is 16.1 Å². The Morgan fingerprint density at radius 2 is 1.88 bits per heavy atom. The first-order valence-electron chi connectivity index (χ1n) is 7.72. The minimum Gasteiger partial charge on any atom is -0.478 e. The molecule has 1 atom stereocenters. The van der Waals surface area contributed by atoms with Crippen molar-refractivity contribution in [2.24, 2.45) is 5.73 Å². The first kappa shape index (κ1) is 17.4. The van der Waals surface area contributed by atoms with E-state index in [0.717, 1.165) is 36.2 Å². The summed E-state index contributed by atoms with van der Waals surface area (Å²) in [7, 11) is -4.05. The Balaban J connectivity index is 2.07. The molecule has 25 heavy (non-hydrogen) atoms. The zero-order chi connectivity index (χ0) is 18.2. The molecule has 1 aliphatic rings. The lowest BCUT2D eigenvalue weighted by molar-refractivity contribution is 0.0696. The molecule has 132 valence electrons. The molecule has 8 heteroatoms. The van der Waals surface area contributed by atoms with Gasteiger partial charge >= 0.3 is 5.97 Å². The zero-order valence-corrected chi connectivity index (χ0v) is 14.0. The maximum atomic E-state index is 13.0. The predicted octanol–water partition coefficient (Wildman–Crippen LogP) is 2.66. The van der Waals surface area contributed by atoms with E-state index >= 15 is 0 Å². The Kier molecular flexibility index (Phi) is 4.49. The second-order valence-corrected chi connectivity index (χ2v) is 7.61. The minimum absolute atomic E-state index is 0.0482. The topological polar surface area (TPSA) is 109 Å². The number of anilines is 1. The van der Waals surface area contributed by atoms with E-state index in [-0.39, 0.29) is 16.1 Å². The van der Waals surface area contributed by atoms with E-state index in [9.17, 15) is 22.7 Å². The van der Waals surface area contributed by atoms with E-state index in [1.54, 1.807) is 6.07 Å². The van der Waals surface area contributed by atoms with Crippen LogP contribution in [0, 0.1) is 5.82 Å². The fourth-order valence-electron chi connectivity index (χ4n) is 3.09. The molecule has 6 nitrogen and oxygen atoms in total. The van der Waals surface area contributed by atoms with Gasteiger partial charge in [-0.25, -0.2) is 17.6 Å². The number of carbonyl (C=O) groups is 1. The third-order valence-electron chi connectivity index (χ3n) is 4.25. The molecule has 0 spiro atoms. The highest BCUT2D eigenvalue weighted by Crippen LogP contribution is 2.35. The highest BCUT2D eigenvalue weighted by atomic mass is 32.2. The van der Waals surface area contributed by atoms with Gasteiger partial charge in [-0.2, -0.15) is 0 Å². The van der Waals surface area contributed by atoms with Crippen molar-refractivity contribution in [3.63, 3.8) is 0 Å². The van der Waals surface area contributed by atoms with Gasteiger partial charge in [-0.3, -0.25) is 4.72 Å². The largest absolute Gasteiger partial charge is 0.478 e. The summed E-state index contributed by atoms with van der Waals surface area (Å²) < 4.78 is 40.2. The quantitative estimate of drug-likeness (QED) is 0.773. The number of benzene rings is 2. The summed E-state index contributed by atoms with van der Waals surface area (Å²) in [4.78, 5) is 11.6. The Morgan fingerprint density at radius 3 is 2.52 bits per heavy atom. The van der Waals surface area contributed by atoms with Gasteiger partial charge in [0.1, 0.15) is 5.82 Å². The maximum Gasteiger partial charge on any atom is 0.338 e. The summed E-state index contributed by atoms with van der Waals surface area (Å²) in [5, 5.41) is 9.60. The third-order valence-corrected chi connectivity index (χ3v) is 5.63. The molecule has 0 amide bonds. The fourth-order valence-corrected chi connectivity index (χ4v) is 4.17. The van der Waals surface area contributed by atoms with E-state index in [4.69, 9.17) is 5.73 Å². The predicted molar refractivity (Wildman–Crippen MR) is 90.5 cm³/mol. The molecule has 3 rings (SSSR count). The number of carboxylic acids is 1. The van der Waals surface area contributed by atoms with Crippen molar-refractivity contribution in [2.75, 3.05) is 4.72 Å². The van der Waals surface area contributed by atoms with Crippen molar-refractivity contribution < 1.29 is 22.7 Å². The fraction of sp³-hybridized carbons (Fsp3) is 0.235. The molecule has 0 aliphatic heterocycles. The van der Waals surface area contributed by atoms with Crippen LogP contribution < -0.4 is 10.5 Å². The maximum absolute atomic E-state index is 13.0. The van der Waals surface area contributed by atoms with Crippen LogP contribution in [0.25, 0.3) is 0 Å². The molecule has 0 radical (unpaired) electrons. The van der Waals surface area contributed by atoms with Crippen LogP contribution in [0.3, 0.4) is 0 Å². The van der Waals surface area contributed by atoms with E-state index in [0.29, 0.717) is 18.4 Å². The number of fused-ring (bicyclic) bond motifs is 1. The Bertz CT molecular complexity index is 926. The van der Waals surface area contributed by atoms with Crippen LogP contribution in [0.1, 0.15) is 40.4 Å². The number of hydrogen-bond acceptors (Lipinski definition) is 4. The van der Waals surface area contributed by atoms with Crippen LogP contribution in [0.5, 0.6) is 0 Å². The van der Waals surface area contributed by atoms with Gasteiger partial charge in [-0.05, 0) is 60.7 Å². The van der Waals surface area contributed by atoms with Crippen LogP contribution >= 0.6 is 0 Å². The summed E-state index contributed by atoms with van der Waals surface area (Å²) in [6.07, 6.45) is 2.20. The van der Waals surface area contributed by atoms with Crippen LogP contribution in [-0.2, 0) is 16.4 Å². The summed E-state index contributed by atoms with van der Waals surface area (Å²) >= 11 is 0. The molecule has 1 unspecified atom stereocenters. The van der Waals surface area contributed by atoms with Crippen LogP contribution in [0.2, 0.25) is 0 Å². The number of nitrogens with two attached hydrogens (primary N) is 1. The summed E-state index contributed by atoms with van der Waals surface area (Å²) in [6.45, 7) is 0. The lowest BCUT2D eigenvalue weighted by Crippen LogP contribution is -2.24. The van der Waals surface area contributed by atoms with Gasteiger partial charge < -0.3 is 10.8 Å². The number of aromatic carboxylic acids is 1. The molecular formula is C17H17FN2O4S. The number of halogens is 1. The normalized spacial score (nSPS) is 17.0. The van der Waals surface area contributed by atoms with Crippen LogP contribution in [0.4, 0.5) is 10.1 Å². The van der Waals surface area contributed by atoms with Crippen molar-refractivity contribution in [2.45, 2.75) is 30.2 Å². The standard InChI is InChI=1S/C17H17FN2O4S/c18-11-5-7-12(8-6-11)25(23,24)20-14-9-4-10-2-1-3-13(19)15(10)16(14)17(21)22/h4-9,13,20H,1-3,19H2,(H,21,22). The average molecular weight is 364 g/mol. The first-order valence-corrected chi connectivity index (χ1v) is 9.21. The molecule has 0 aromatic heterocycles. The molecule has 0 fully saturated rings. The Morgan fingerprint density at radius 1 is 1.20 bits per heavy atom. The van der Waals surface area contributed by atoms with Gasteiger partial charge in [0, 0.05) is 6.04 Å². The van der Waals surface area contributed by atoms with E-state index in [1.807, 2.05) is 0 Å². The van der Waals surface area contributed by atoms with Gasteiger partial charge in [-0.1, -0.05) is 6.07 Å². The van der Waals surface area contributed by atoms with Gasteiger partial charge in [0.2, 0.25) is 0 Å². The number of sulfonamides is 1. The minimum atomic E-state index is -4.05. The van der Waals surface area contributed by atoms with Gasteiger partial charge in [0.25, 0.3) is 10.0 Å². The van der Waals surface area contributed by atoms with Crippen LogP contribution in [0.15, 0.2) is 41.3 Å². The summed E-state index contributed by atoms with van der Waals surface area (Å²) in [5.41, 5.74) is 7.18. The first-order chi connectivity index (χ1) is 11.8. The molecule has 0 saturated heterocycles. The lowest BCUT2D eigenvalue weighted by atomic mass is 9.84. The van der Waals surface area contributed by atoms with Crippen molar-refractivity contribution in [1.29, 1.82) is 0 Å². The van der Waals surface area contributed by atoms with Crippen molar-refractivity contribution in [3.8, 4) is 0 Å². The monoisotopic (exact) mass is 364 g/mol. The van der Waals surface area contributed by atoms with Gasteiger partial charge in [0.15, 0.2) is 0 Å². The molecule has 1 aliphatic carbocycles. The summed E-state index contributed by atoms with van der Waals surface area (Å²) in [6, 6.07) is 6.95. The van der Waals surface area contributed by atoms with Crippen molar-refractivity contribution >= 4 is 21.7 Å². The number of carboxylic acid groups (broad SMARTS) is 1. The molecule has 0 saturated carbocycles. The second-order valence-electron chi connectivity index (χ2n) is 5.92. The van der Waals surface area contributed by atoms with E-state index in [1.165, 1.54) is 6.07 Å². The van der Waals surface area contributed by atoms with Crippen molar-refractivity contribution in [3.05, 3.63) is 58.9 Å². The molecule has 4 N–H and O–H groups in total. The van der Waals surface area contributed by atoms with E-state index < -0.39 is 27.9 Å². The number of hydrogen-bond donors (Lipinski definition) is 3. The zero-order valence-electron chi connectivity index (χ0n) is 13.2. The SMILES string of the molecule is NC1CCCc2ccc(NS(=O)(=O)c3ccc(F)cc3)c(C(=O)O)c21. The molecule has 0 bridgehead atoms. The lowest BCUT2D eigenvalue weighted by Gasteiger charge is -2.25. The molecular weight excluding hydrogens is 347 g/mol. The average Bonchev–Trinajstić information content (AvgIpc) is 2.55. The van der Waals surface area contributed by atoms with E-state index in [2.05, 4.69) is 4.72 Å². The Hall–Kier alpha value is -2.45. The molecule has 2 aromatic carbocycles. The summed E-state index contributed by atoms with van der Waals surface area (Å²) in [5.74, 6) is -1.81. The highest BCUT2D eigenvalue weighted by Gasteiger charge is 2.28. The third kappa shape index (κ3) is 3.35. The number of nitrogens with one attached hydrogen (secondary N) is 1. The molecule has 2 aromatic rings. The van der Waals surface area contributed by atoms with Crippen LogP contribution in [-0.4, -0.2) is 19.5 Å². The smallest absolute Gasteiger partial charge is 0.338 e. The second kappa shape index (κ2) is 6.45. The number of aryl methyl sites for hydroxylation is 1. The Labute approximate surface area is 144 Å². The van der Waals surface area contributed by atoms with Gasteiger partial charge in [-0.15, -0.1) is 0 Å².